The minimum Gasteiger partial charge on any atom is -0.436 e. The summed E-state index contributed by atoms with van der Waals surface area (Å²) in [6, 6.07) is 28.9. The maximum absolute atomic E-state index is 11.2. The third kappa shape index (κ3) is 4.44. The summed E-state index contributed by atoms with van der Waals surface area (Å²) >= 11 is 0. The minimum atomic E-state index is -0.127. The van der Waals surface area contributed by atoms with E-state index in [1.807, 2.05) is 72.8 Å². The van der Waals surface area contributed by atoms with Gasteiger partial charge in [0.25, 0.3) is 0 Å². The fraction of sp³-hybridized carbons (Fsp3) is 0.0385. The number of aliphatic imine (C=N–C) groups is 1. The number of furan rings is 1. The van der Waals surface area contributed by atoms with Crippen LogP contribution in [0.25, 0.3) is 22.5 Å². The summed E-state index contributed by atoms with van der Waals surface area (Å²) in [5, 5.41) is 12.6. The number of rotatable bonds is 5. The summed E-state index contributed by atoms with van der Waals surface area (Å²) in [5.41, 5.74) is 4.40. The van der Waals surface area contributed by atoms with Gasteiger partial charge < -0.3 is 9.73 Å². The molecule has 1 amide bonds. The normalized spacial score (nSPS) is 10.7. The Labute approximate surface area is 180 Å². The van der Waals surface area contributed by atoms with Crippen molar-refractivity contribution in [1.82, 2.24) is 0 Å². The van der Waals surface area contributed by atoms with Crippen molar-refractivity contribution < 1.29 is 9.21 Å². The van der Waals surface area contributed by atoms with Crippen LogP contribution in [0.5, 0.6) is 0 Å². The third-order valence-corrected chi connectivity index (χ3v) is 4.66. The molecule has 0 unspecified atom stereocenters. The van der Waals surface area contributed by atoms with Gasteiger partial charge in [-0.05, 0) is 23.3 Å². The highest BCUT2D eigenvalue weighted by Gasteiger charge is 2.22. The number of benzene rings is 3. The Kier molecular flexibility index (Phi) is 5.72. The van der Waals surface area contributed by atoms with Gasteiger partial charge in [-0.15, -0.1) is 0 Å². The van der Waals surface area contributed by atoms with Crippen molar-refractivity contribution in [2.45, 2.75) is 6.92 Å². The Morgan fingerprint density at radius 3 is 2.13 bits per heavy atom. The first-order valence-corrected chi connectivity index (χ1v) is 9.75. The highest BCUT2D eigenvalue weighted by molar-refractivity contribution is 5.91. The molecule has 0 saturated carbocycles. The minimum absolute atomic E-state index is 0.127. The van der Waals surface area contributed by atoms with Gasteiger partial charge >= 0.3 is 0 Å². The van der Waals surface area contributed by atoms with Gasteiger partial charge in [-0.2, -0.15) is 5.26 Å². The number of carbonyl (C=O) groups excluding carboxylic acids is 1. The Balaban J connectivity index is 1.76. The first kappa shape index (κ1) is 19.9. The lowest BCUT2D eigenvalue weighted by molar-refractivity contribution is -0.114. The average molecular weight is 405 g/mol. The maximum Gasteiger partial charge on any atom is 0.238 e. The lowest BCUT2D eigenvalue weighted by Gasteiger charge is -2.03. The molecule has 5 heteroatoms. The van der Waals surface area contributed by atoms with E-state index in [1.54, 1.807) is 18.3 Å². The Bertz CT molecular complexity index is 1270. The lowest BCUT2D eigenvalue weighted by Crippen LogP contribution is -2.05. The van der Waals surface area contributed by atoms with E-state index in [1.165, 1.54) is 6.92 Å². The second kappa shape index (κ2) is 8.93. The molecule has 0 saturated heterocycles. The summed E-state index contributed by atoms with van der Waals surface area (Å²) in [5.74, 6) is 0.736. The molecule has 0 fully saturated rings. The van der Waals surface area contributed by atoms with Gasteiger partial charge in [0.15, 0.2) is 0 Å². The predicted octanol–water partition coefficient (Wildman–Crippen LogP) is 6.19. The number of hydrogen-bond donors (Lipinski definition) is 1. The number of nitrogens with one attached hydrogen (secondary N) is 1. The molecule has 0 aliphatic heterocycles. The lowest BCUT2D eigenvalue weighted by atomic mass is 9.98. The number of nitrogens with zero attached hydrogens (tertiary/aromatic N) is 2. The van der Waals surface area contributed by atoms with Gasteiger partial charge in [0, 0.05) is 30.0 Å². The van der Waals surface area contributed by atoms with E-state index in [0.29, 0.717) is 17.0 Å². The van der Waals surface area contributed by atoms with Crippen molar-refractivity contribution >= 4 is 23.7 Å². The number of anilines is 1. The molecule has 4 aromatic rings. The van der Waals surface area contributed by atoms with Crippen LogP contribution in [0, 0.1) is 11.3 Å². The molecule has 1 N–H and O–H groups in total. The Hall–Kier alpha value is -4.43. The molecule has 0 radical (unpaired) electrons. The van der Waals surface area contributed by atoms with E-state index in [-0.39, 0.29) is 11.8 Å². The van der Waals surface area contributed by atoms with Gasteiger partial charge in [-0.25, -0.2) is 4.99 Å². The number of carbonyl (C=O) groups is 1. The second-order valence-electron chi connectivity index (χ2n) is 6.89. The van der Waals surface area contributed by atoms with Gasteiger partial charge in [0.1, 0.15) is 17.4 Å². The first-order chi connectivity index (χ1) is 15.2. The average Bonchev–Trinajstić information content (AvgIpc) is 3.18. The van der Waals surface area contributed by atoms with E-state index >= 15 is 0 Å². The van der Waals surface area contributed by atoms with E-state index < -0.39 is 0 Å². The zero-order valence-corrected chi connectivity index (χ0v) is 16.9. The molecule has 31 heavy (non-hydrogen) atoms. The van der Waals surface area contributed by atoms with Crippen molar-refractivity contribution in [2.75, 3.05) is 5.32 Å². The molecular formula is C26H19N3O2. The van der Waals surface area contributed by atoms with E-state index in [9.17, 15) is 10.1 Å². The predicted molar refractivity (Wildman–Crippen MR) is 122 cm³/mol. The van der Waals surface area contributed by atoms with Gasteiger partial charge in [-0.3, -0.25) is 4.79 Å². The van der Waals surface area contributed by atoms with E-state index in [2.05, 4.69) is 16.4 Å². The van der Waals surface area contributed by atoms with Crippen LogP contribution in [-0.4, -0.2) is 12.1 Å². The first-order valence-electron chi connectivity index (χ1n) is 9.75. The van der Waals surface area contributed by atoms with E-state index in [0.717, 1.165) is 22.3 Å². The summed E-state index contributed by atoms with van der Waals surface area (Å²) in [7, 11) is 0. The van der Waals surface area contributed by atoms with Crippen LogP contribution in [-0.2, 0) is 4.79 Å². The molecule has 0 spiro atoms. The molecule has 150 valence electrons. The fourth-order valence-electron chi connectivity index (χ4n) is 3.28. The topological polar surface area (TPSA) is 78.4 Å². The molecule has 4 rings (SSSR count). The molecular weight excluding hydrogens is 386 g/mol. The van der Waals surface area contributed by atoms with Crippen LogP contribution in [0.2, 0.25) is 0 Å². The number of amides is 1. The Morgan fingerprint density at radius 2 is 1.55 bits per heavy atom. The molecule has 5 nitrogen and oxygen atoms in total. The number of hydrogen-bond acceptors (Lipinski definition) is 4. The standard InChI is InChI=1S/C26H19N3O2/c1-18(30)29-22-14-12-19(13-15-22)17-28-26-23(16-27)24(20-8-4-2-5-9-20)25(31-26)21-10-6-3-7-11-21/h2-15,17H,1H3,(H,29,30)/b28-17+. The number of nitriles is 1. The maximum atomic E-state index is 11.2. The van der Waals surface area contributed by atoms with Crippen molar-refractivity contribution in [3.63, 3.8) is 0 Å². The quantitative estimate of drug-likeness (QED) is 0.402. The molecule has 3 aromatic carbocycles. The van der Waals surface area contributed by atoms with Crippen LogP contribution < -0.4 is 5.32 Å². The van der Waals surface area contributed by atoms with Crippen LogP contribution in [0.15, 0.2) is 94.3 Å². The van der Waals surface area contributed by atoms with Crippen LogP contribution in [0.4, 0.5) is 11.6 Å². The van der Waals surface area contributed by atoms with Gasteiger partial charge in [-0.1, -0.05) is 72.8 Å². The van der Waals surface area contributed by atoms with Crippen molar-refractivity contribution in [2.24, 2.45) is 4.99 Å². The summed E-state index contributed by atoms with van der Waals surface area (Å²) < 4.78 is 6.10. The van der Waals surface area contributed by atoms with Crippen molar-refractivity contribution in [3.8, 4) is 28.5 Å². The van der Waals surface area contributed by atoms with Crippen molar-refractivity contribution in [3.05, 3.63) is 96.1 Å². The summed E-state index contributed by atoms with van der Waals surface area (Å²) in [4.78, 5) is 15.6. The fourth-order valence-corrected chi connectivity index (χ4v) is 3.28. The smallest absolute Gasteiger partial charge is 0.238 e. The highest BCUT2D eigenvalue weighted by atomic mass is 16.4. The molecule has 0 atom stereocenters. The summed E-state index contributed by atoms with van der Waals surface area (Å²) in [6.45, 7) is 1.46. The molecule has 0 aliphatic rings. The molecule has 1 aromatic heterocycles. The van der Waals surface area contributed by atoms with Gasteiger partial charge in [0.05, 0.1) is 0 Å². The van der Waals surface area contributed by atoms with Crippen LogP contribution in [0.1, 0.15) is 18.1 Å². The van der Waals surface area contributed by atoms with Gasteiger partial charge in [0.2, 0.25) is 11.8 Å². The van der Waals surface area contributed by atoms with E-state index in [4.69, 9.17) is 4.42 Å². The third-order valence-electron chi connectivity index (χ3n) is 4.66. The largest absolute Gasteiger partial charge is 0.436 e. The van der Waals surface area contributed by atoms with Crippen LogP contribution >= 0.6 is 0 Å². The van der Waals surface area contributed by atoms with Crippen LogP contribution in [0.3, 0.4) is 0 Å². The SMILES string of the molecule is CC(=O)Nc1ccc(/C=N/c2oc(-c3ccccc3)c(-c3ccccc3)c2C#N)cc1. The van der Waals surface area contributed by atoms with Crippen molar-refractivity contribution in [1.29, 1.82) is 5.26 Å². The molecule has 0 bridgehead atoms. The highest BCUT2D eigenvalue weighted by Crippen LogP contribution is 2.42. The second-order valence-corrected chi connectivity index (χ2v) is 6.89. The zero-order valence-electron chi connectivity index (χ0n) is 16.9. The molecule has 0 aliphatic carbocycles. The molecule has 1 heterocycles. The monoisotopic (exact) mass is 405 g/mol. The summed E-state index contributed by atoms with van der Waals surface area (Å²) in [6.07, 6.45) is 1.64. The zero-order chi connectivity index (χ0) is 21.6. The Morgan fingerprint density at radius 1 is 0.935 bits per heavy atom.